The monoisotopic (exact) mass is 266 g/mol. The maximum atomic E-state index is 11.3. The number of aliphatic hydroxyl groups is 1. The summed E-state index contributed by atoms with van der Waals surface area (Å²) in [5.41, 5.74) is 1.04. The van der Waals surface area contributed by atoms with E-state index >= 15 is 0 Å². The summed E-state index contributed by atoms with van der Waals surface area (Å²) in [7, 11) is 0. The molecule has 1 N–H and O–H groups in total. The number of rotatable bonds is 8. The summed E-state index contributed by atoms with van der Waals surface area (Å²) in [5, 5.41) is 9.26. The Morgan fingerprint density at radius 1 is 1.32 bits per heavy atom. The van der Waals surface area contributed by atoms with Gasteiger partial charge in [0.1, 0.15) is 5.75 Å². The molecule has 0 fully saturated rings. The van der Waals surface area contributed by atoms with Crippen LogP contribution in [0.1, 0.15) is 32.3 Å². The second kappa shape index (κ2) is 8.53. The van der Waals surface area contributed by atoms with Gasteiger partial charge >= 0.3 is 5.97 Å². The van der Waals surface area contributed by atoms with Crippen molar-refractivity contribution in [3.63, 3.8) is 0 Å². The third-order valence-corrected chi connectivity index (χ3v) is 2.57. The van der Waals surface area contributed by atoms with Crippen molar-refractivity contribution in [1.82, 2.24) is 0 Å². The Balaban J connectivity index is 2.31. The zero-order chi connectivity index (χ0) is 14.1. The highest BCUT2D eigenvalue weighted by atomic mass is 16.6. The summed E-state index contributed by atoms with van der Waals surface area (Å²) in [6.45, 7) is 4.17. The van der Waals surface area contributed by atoms with Crippen molar-refractivity contribution in [2.24, 2.45) is 0 Å². The number of hydrogen-bond acceptors (Lipinski definition) is 4. The molecule has 0 saturated heterocycles. The lowest BCUT2D eigenvalue weighted by Gasteiger charge is -2.08. The average Bonchev–Trinajstić information content (AvgIpc) is 2.37. The third kappa shape index (κ3) is 6.82. The summed E-state index contributed by atoms with van der Waals surface area (Å²) in [6, 6.07) is 7.34. The first-order valence-corrected chi connectivity index (χ1v) is 6.67. The van der Waals surface area contributed by atoms with E-state index in [1.54, 1.807) is 19.1 Å². The van der Waals surface area contributed by atoms with Gasteiger partial charge in [0, 0.05) is 0 Å². The molecule has 0 aliphatic carbocycles. The van der Waals surface area contributed by atoms with Crippen LogP contribution in [0.15, 0.2) is 24.3 Å². The summed E-state index contributed by atoms with van der Waals surface area (Å²) < 4.78 is 10.3. The molecule has 0 aromatic heterocycles. The van der Waals surface area contributed by atoms with Gasteiger partial charge in [0.05, 0.1) is 12.7 Å². The Labute approximate surface area is 114 Å². The van der Waals surface area contributed by atoms with Gasteiger partial charge in [-0.2, -0.15) is 0 Å². The normalized spacial score (nSPS) is 11.9. The number of hydrogen-bond donors (Lipinski definition) is 1. The van der Waals surface area contributed by atoms with Crippen LogP contribution in [-0.2, 0) is 16.0 Å². The maximum Gasteiger partial charge on any atom is 0.344 e. The summed E-state index contributed by atoms with van der Waals surface area (Å²) in [4.78, 5) is 11.3. The standard InChI is InChI=1S/C15H22O4/c1-3-4-9-18-15(17)11-19-14-7-5-13(6-8-14)10-12(2)16/h5-8,12,16H,3-4,9-11H2,1-2H3. The van der Waals surface area contributed by atoms with Crippen LogP contribution in [0, 0.1) is 0 Å². The Kier molecular flexibility index (Phi) is 6.97. The number of ether oxygens (including phenoxy) is 2. The maximum absolute atomic E-state index is 11.3. The molecule has 0 bridgehead atoms. The molecule has 1 aromatic carbocycles. The van der Waals surface area contributed by atoms with E-state index in [4.69, 9.17) is 9.47 Å². The fraction of sp³-hybridized carbons (Fsp3) is 0.533. The van der Waals surface area contributed by atoms with Crippen molar-refractivity contribution in [3.8, 4) is 5.75 Å². The van der Waals surface area contributed by atoms with Crippen molar-refractivity contribution in [2.45, 2.75) is 39.2 Å². The number of benzene rings is 1. The molecule has 19 heavy (non-hydrogen) atoms. The lowest BCUT2D eigenvalue weighted by atomic mass is 10.1. The van der Waals surface area contributed by atoms with Crippen molar-refractivity contribution in [1.29, 1.82) is 0 Å². The first kappa shape index (κ1) is 15.5. The summed E-state index contributed by atoms with van der Waals surface area (Å²) >= 11 is 0. The largest absolute Gasteiger partial charge is 0.482 e. The van der Waals surface area contributed by atoms with Gasteiger partial charge in [-0.1, -0.05) is 25.5 Å². The molecule has 106 valence electrons. The highest BCUT2D eigenvalue weighted by Crippen LogP contribution is 2.13. The molecule has 4 heteroatoms. The van der Waals surface area contributed by atoms with Crippen LogP contribution >= 0.6 is 0 Å². The van der Waals surface area contributed by atoms with Crippen LogP contribution < -0.4 is 4.74 Å². The molecular weight excluding hydrogens is 244 g/mol. The van der Waals surface area contributed by atoms with Gasteiger partial charge in [0.2, 0.25) is 0 Å². The van der Waals surface area contributed by atoms with E-state index in [1.807, 2.05) is 19.1 Å². The van der Waals surface area contributed by atoms with Crippen molar-refractivity contribution < 1.29 is 19.4 Å². The minimum atomic E-state index is -0.361. The zero-order valence-corrected chi connectivity index (χ0v) is 11.6. The molecule has 1 unspecified atom stereocenters. The molecule has 4 nitrogen and oxygen atoms in total. The van der Waals surface area contributed by atoms with Crippen molar-refractivity contribution in [3.05, 3.63) is 29.8 Å². The first-order chi connectivity index (χ1) is 9.11. The summed E-state index contributed by atoms with van der Waals surface area (Å²) in [6.07, 6.45) is 2.12. The van der Waals surface area contributed by atoms with Gasteiger partial charge in [-0.15, -0.1) is 0 Å². The molecule has 0 aliphatic heterocycles. The molecule has 0 heterocycles. The van der Waals surface area contributed by atoms with E-state index in [1.165, 1.54) is 0 Å². The van der Waals surface area contributed by atoms with Crippen molar-refractivity contribution in [2.75, 3.05) is 13.2 Å². The van der Waals surface area contributed by atoms with E-state index in [2.05, 4.69) is 0 Å². The fourth-order valence-corrected chi connectivity index (χ4v) is 1.58. The van der Waals surface area contributed by atoms with E-state index in [9.17, 15) is 9.90 Å². The molecule has 0 aliphatic rings. The molecule has 0 saturated carbocycles. The van der Waals surface area contributed by atoms with Crippen LogP contribution in [-0.4, -0.2) is 30.4 Å². The van der Waals surface area contributed by atoms with Gasteiger partial charge < -0.3 is 14.6 Å². The fourth-order valence-electron chi connectivity index (χ4n) is 1.58. The van der Waals surface area contributed by atoms with Crippen LogP contribution in [0.2, 0.25) is 0 Å². The predicted molar refractivity (Wildman–Crippen MR) is 73.2 cm³/mol. The number of carbonyl (C=O) groups excluding carboxylic acids is 1. The van der Waals surface area contributed by atoms with Crippen molar-refractivity contribution >= 4 is 5.97 Å². The van der Waals surface area contributed by atoms with Gasteiger partial charge in [0.15, 0.2) is 6.61 Å². The van der Waals surface area contributed by atoms with E-state index < -0.39 is 0 Å². The quantitative estimate of drug-likeness (QED) is 0.579. The van der Waals surface area contributed by atoms with Crippen LogP contribution in [0.5, 0.6) is 5.75 Å². The van der Waals surface area contributed by atoms with Crippen LogP contribution in [0.4, 0.5) is 0 Å². The topological polar surface area (TPSA) is 55.8 Å². The average molecular weight is 266 g/mol. The van der Waals surface area contributed by atoms with E-state index in [0.29, 0.717) is 18.8 Å². The molecule has 0 spiro atoms. The number of carbonyl (C=O) groups is 1. The molecule has 1 aromatic rings. The second-order valence-electron chi connectivity index (χ2n) is 4.56. The molecule has 1 rings (SSSR count). The third-order valence-electron chi connectivity index (χ3n) is 2.57. The highest BCUT2D eigenvalue weighted by molar-refractivity contribution is 5.71. The van der Waals surface area contributed by atoms with Gasteiger partial charge in [-0.05, 0) is 37.5 Å². The number of unbranched alkanes of at least 4 members (excludes halogenated alkanes) is 1. The number of aliphatic hydroxyl groups excluding tert-OH is 1. The lowest BCUT2D eigenvalue weighted by Crippen LogP contribution is -2.15. The smallest absolute Gasteiger partial charge is 0.344 e. The predicted octanol–water partition coefficient (Wildman–Crippen LogP) is 2.33. The first-order valence-electron chi connectivity index (χ1n) is 6.67. The Morgan fingerprint density at radius 2 is 2.00 bits per heavy atom. The Hall–Kier alpha value is -1.55. The highest BCUT2D eigenvalue weighted by Gasteiger charge is 2.04. The van der Waals surface area contributed by atoms with E-state index in [0.717, 1.165) is 18.4 Å². The molecule has 0 amide bonds. The lowest BCUT2D eigenvalue weighted by molar-refractivity contribution is -0.146. The molecule has 1 atom stereocenters. The van der Waals surface area contributed by atoms with Gasteiger partial charge in [-0.25, -0.2) is 4.79 Å². The summed E-state index contributed by atoms with van der Waals surface area (Å²) in [5.74, 6) is 0.281. The van der Waals surface area contributed by atoms with Crippen LogP contribution in [0.25, 0.3) is 0 Å². The molecule has 0 radical (unpaired) electrons. The van der Waals surface area contributed by atoms with Gasteiger partial charge in [0.25, 0.3) is 0 Å². The Bertz CT molecular complexity index is 370. The minimum Gasteiger partial charge on any atom is -0.482 e. The van der Waals surface area contributed by atoms with Gasteiger partial charge in [-0.3, -0.25) is 0 Å². The Morgan fingerprint density at radius 3 is 2.58 bits per heavy atom. The zero-order valence-electron chi connectivity index (χ0n) is 11.6. The SMILES string of the molecule is CCCCOC(=O)COc1ccc(CC(C)O)cc1. The second-order valence-corrected chi connectivity index (χ2v) is 4.56. The minimum absolute atomic E-state index is 0.0700. The number of esters is 1. The van der Waals surface area contributed by atoms with Crippen LogP contribution in [0.3, 0.4) is 0 Å². The van der Waals surface area contributed by atoms with E-state index in [-0.39, 0.29) is 18.7 Å². The molecular formula is C15H22O4.